The fourth-order valence-electron chi connectivity index (χ4n) is 7.38. The first-order chi connectivity index (χ1) is 32.5. The Hall–Kier alpha value is -7.28. The predicted molar refractivity (Wildman–Crippen MR) is 233 cm³/mol. The van der Waals surface area contributed by atoms with Gasteiger partial charge in [-0.1, -0.05) is 103 Å². The molecule has 7 rings (SSSR count). The Kier molecular flexibility index (Phi) is 16.2. The second kappa shape index (κ2) is 22.8. The van der Waals surface area contributed by atoms with Gasteiger partial charge in [0.1, 0.15) is 31.0 Å². The highest BCUT2D eigenvalue weighted by atomic mass is 16.8. The lowest BCUT2D eigenvalue weighted by atomic mass is 9.94. The van der Waals surface area contributed by atoms with Gasteiger partial charge in [-0.25, -0.2) is 24.0 Å². The minimum atomic E-state index is -2.01. The average Bonchev–Trinajstić information content (AvgIpc) is 3.36. The van der Waals surface area contributed by atoms with Crippen molar-refractivity contribution in [2.45, 2.75) is 74.9 Å². The van der Waals surface area contributed by atoms with Gasteiger partial charge in [-0.05, 0) is 54.1 Å². The van der Waals surface area contributed by atoms with Crippen molar-refractivity contribution in [2.24, 2.45) is 0 Å². The molecular formula is C50H47NO16. The topological polar surface area (TPSA) is 218 Å². The molecule has 0 spiro atoms. The molecule has 5 aromatic rings. The van der Waals surface area contributed by atoms with Crippen LogP contribution in [0.2, 0.25) is 0 Å². The molecule has 17 nitrogen and oxygen atoms in total. The maximum absolute atomic E-state index is 14.1. The minimum absolute atomic E-state index is 0.0270. The second-order valence-electron chi connectivity index (χ2n) is 15.3. The summed E-state index contributed by atoms with van der Waals surface area (Å²) in [7, 11) is 1.04. The number of amides is 1. The molecule has 0 radical (unpaired) electrons. The van der Waals surface area contributed by atoms with Crippen molar-refractivity contribution < 1.29 is 76.5 Å². The smallest absolute Gasteiger partial charge is 0.339 e. The summed E-state index contributed by atoms with van der Waals surface area (Å²) in [6, 6.07) is 38.7. The number of aliphatic hydroxyl groups is 1. The lowest BCUT2D eigenvalue weighted by Gasteiger charge is -2.48. The molecule has 2 heterocycles. The van der Waals surface area contributed by atoms with E-state index in [-0.39, 0.29) is 28.9 Å². The van der Waals surface area contributed by atoms with Crippen molar-refractivity contribution in [3.05, 3.63) is 179 Å². The van der Waals surface area contributed by atoms with Crippen LogP contribution in [0.3, 0.4) is 0 Å². The van der Waals surface area contributed by atoms with E-state index in [2.05, 4.69) is 5.32 Å². The van der Waals surface area contributed by atoms with Crippen molar-refractivity contribution in [1.29, 1.82) is 0 Å². The Morgan fingerprint density at radius 1 is 0.552 bits per heavy atom. The summed E-state index contributed by atoms with van der Waals surface area (Å²) < 4.78 is 54.1. The largest absolute Gasteiger partial charge is 0.467 e. The zero-order valence-corrected chi connectivity index (χ0v) is 36.2. The molecule has 0 bridgehead atoms. The van der Waals surface area contributed by atoms with E-state index in [1.807, 2.05) is 6.07 Å². The van der Waals surface area contributed by atoms with Gasteiger partial charge < -0.3 is 53.1 Å². The Labute approximate surface area is 384 Å². The lowest BCUT2D eigenvalue weighted by molar-refractivity contribution is -0.339. The van der Waals surface area contributed by atoms with E-state index in [1.54, 1.807) is 97.1 Å². The van der Waals surface area contributed by atoms with E-state index < -0.39 is 104 Å². The van der Waals surface area contributed by atoms with Crippen LogP contribution in [0, 0.1) is 0 Å². The molecule has 2 N–H and O–H groups in total. The highest BCUT2D eigenvalue weighted by Crippen LogP contribution is 2.35. The molecule has 10 atom stereocenters. The van der Waals surface area contributed by atoms with Crippen LogP contribution in [-0.2, 0) is 58.8 Å². The maximum Gasteiger partial charge on any atom is 0.339 e. The van der Waals surface area contributed by atoms with Crippen molar-refractivity contribution in [3.63, 3.8) is 0 Å². The summed E-state index contributed by atoms with van der Waals surface area (Å²) in [6.45, 7) is 0.559. The lowest BCUT2D eigenvalue weighted by Crippen LogP contribution is -2.69. The number of methoxy groups -OCH3 is 1. The molecule has 0 saturated carbocycles. The number of carbonyl (C=O) groups is 6. The fourth-order valence-corrected chi connectivity index (χ4v) is 7.38. The van der Waals surface area contributed by atoms with Gasteiger partial charge in [0.2, 0.25) is 5.91 Å². The van der Waals surface area contributed by atoms with Crippen molar-refractivity contribution in [3.8, 4) is 0 Å². The van der Waals surface area contributed by atoms with Crippen LogP contribution in [-0.4, -0.2) is 116 Å². The molecular weight excluding hydrogens is 871 g/mol. The van der Waals surface area contributed by atoms with E-state index in [0.29, 0.717) is 5.56 Å². The molecule has 348 valence electrons. The first-order valence-corrected chi connectivity index (χ1v) is 21.2. The number of aliphatic hydroxyl groups excluding tert-OH is 1. The van der Waals surface area contributed by atoms with Gasteiger partial charge in [0.15, 0.2) is 37.0 Å². The number of hydrogen-bond donors (Lipinski definition) is 2. The summed E-state index contributed by atoms with van der Waals surface area (Å²) >= 11 is 0. The minimum Gasteiger partial charge on any atom is -0.467 e. The zero-order valence-electron chi connectivity index (χ0n) is 36.2. The van der Waals surface area contributed by atoms with Crippen LogP contribution < -0.4 is 5.32 Å². The number of hydrogen-bond acceptors (Lipinski definition) is 16. The molecule has 2 fully saturated rings. The summed E-state index contributed by atoms with van der Waals surface area (Å²) in [6.07, 6.45) is -16.0. The molecule has 2 aliphatic rings. The Morgan fingerprint density at radius 2 is 1.00 bits per heavy atom. The SMILES string of the molecule is COC(=O)[C@H]1O[C@@H](O[C@H]2[C@@H](O)[C@@H](COC(=O)c3ccccc3)O[C@H](OCc3ccccc3)[C@@H]2NC(C)=O)[C@H](OC(=O)c2ccccc2)[C@@H](OC(=O)c2ccccc2)[C@@H]1OC(=O)c1ccccc1. The van der Waals surface area contributed by atoms with Gasteiger partial charge in [-0.15, -0.1) is 0 Å². The maximum atomic E-state index is 14.1. The summed E-state index contributed by atoms with van der Waals surface area (Å²) in [4.78, 5) is 81.8. The summed E-state index contributed by atoms with van der Waals surface area (Å²) in [5, 5.41) is 14.9. The third-order valence-electron chi connectivity index (χ3n) is 10.7. The zero-order chi connectivity index (χ0) is 47.3. The van der Waals surface area contributed by atoms with Crippen LogP contribution in [0.1, 0.15) is 53.9 Å². The molecule has 0 aliphatic carbocycles. The molecule has 2 saturated heterocycles. The standard InChI is InChI=1S/C50H47NO16/c1-30(52)51-37-39(38(53)36(29-60-44(54)32-20-10-4-11-21-32)62-49(37)61-28-31-18-8-3-9-19-31)66-50-43(65-47(57)35-26-16-7-17-27-35)41(64-46(56)34-24-14-6-15-25-34)40(42(67-50)48(58)59-2)63-45(55)33-22-12-5-13-23-33/h3-27,36-43,49-50,53H,28-29H2,1-2H3,(H,51,52)/t36-,37-,38+,39-,40+,41+,42+,43-,49+,50-/m1/s1. The molecule has 2 aliphatic heterocycles. The monoisotopic (exact) mass is 917 g/mol. The van der Waals surface area contributed by atoms with Crippen molar-refractivity contribution in [1.82, 2.24) is 5.32 Å². The molecule has 67 heavy (non-hydrogen) atoms. The number of nitrogens with one attached hydrogen (secondary N) is 1. The van der Waals surface area contributed by atoms with Gasteiger partial charge in [-0.2, -0.15) is 0 Å². The first-order valence-electron chi connectivity index (χ1n) is 21.2. The van der Waals surface area contributed by atoms with E-state index in [1.165, 1.54) is 55.5 Å². The van der Waals surface area contributed by atoms with Gasteiger partial charge in [0.05, 0.1) is 36.0 Å². The number of rotatable bonds is 16. The molecule has 1 amide bonds. The molecule has 0 unspecified atom stereocenters. The predicted octanol–water partition coefficient (Wildman–Crippen LogP) is 4.61. The fraction of sp³-hybridized carbons (Fsp3) is 0.280. The van der Waals surface area contributed by atoms with E-state index in [4.69, 9.17) is 42.6 Å². The molecule has 5 aromatic carbocycles. The van der Waals surface area contributed by atoms with E-state index >= 15 is 0 Å². The van der Waals surface area contributed by atoms with Crippen LogP contribution in [0.25, 0.3) is 0 Å². The van der Waals surface area contributed by atoms with Gasteiger partial charge in [-0.3, -0.25) is 4.79 Å². The first kappa shape index (κ1) is 47.7. The highest BCUT2D eigenvalue weighted by molar-refractivity contribution is 5.92. The number of ether oxygens (including phenoxy) is 9. The summed E-state index contributed by atoms with van der Waals surface area (Å²) in [5.41, 5.74) is 1.00. The van der Waals surface area contributed by atoms with Gasteiger partial charge in [0.25, 0.3) is 0 Å². The van der Waals surface area contributed by atoms with Crippen LogP contribution in [0.5, 0.6) is 0 Å². The van der Waals surface area contributed by atoms with Crippen LogP contribution in [0.15, 0.2) is 152 Å². The quantitative estimate of drug-likeness (QED) is 0.102. The molecule has 17 heteroatoms. The Bertz CT molecular complexity index is 2440. The van der Waals surface area contributed by atoms with Crippen molar-refractivity contribution >= 4 is 35.8 Å². The van der Waals surface area contributed by atoms with Gasteiger partial charge in [0, 0.05) is 6.92 Å². The number of esters is 5. The average molecular weight is 918 g/mol. The Balaban J connectivity index is 1.31. The summed E-state index contributed by atoms with van der Waals surface area (Å²) in [5.74, 6) is -5.46. The van der Waals surface area contributed by atoms with E-state index in [9.17, 15) is 33.9 Å². The molecule has 0 aromatic heterocycles. The Morgan fingerprint density at radius 3 is 1.48 bits per heavy atom. The third kappa shape index (κ3) is 12.1. The van der Waals surface area contributed by atoms with Crippen LogP contribution >= 0.6 is 0 Å². The van der Waals surface area contributed by atoms with Gasteiger partial charge >= 0.3 is 29.8 Å². The van der Waals surface area contributed by atoms with Crippen molar-refractivity contribution in [2.75, 3.05) is 13.7 Å². The highest BCUT2D eigenvalue weighted by Gasteiger charge is 2.58. The van der Waals surface area contributed by atoms with E-state index in [0.717, 1.165) is 7.11 Å². The second-order valence-corrected chi connectivity index (χ2v) is 15.3. The number of benzene rings is 5. The van der Waals surface area contributed by atoms with Crippen LogP contribution in [0.4, 0.5) is 0 Å². The number of carbonyl (C=O) groups excluding carboxylic acids is 6. The third-order valence-corrected chi connectivity index (χ3v) is 10.7. The normalized spacial score (nSPS) is 24.5.